The van der Waals surface area contributed by atoms with Gasteiger partial charge in [0.25, 0.3) is 0 Å². The molecule has 1 aliphatic rings. The molecule has 6 heteroatoms. The minimum atomic E-state index is 0.654. The number of hydrogen-bond donors (Lipinski definition) is 1. The Bertz CT molecular complexity index is 513. The molecule has 3 rings (SSSR count). The Morgan fingerprint density at radius 1 is 1.39 bits per heavy atom. The summed E-state index contributed by atoms with van der Waals surface area (Å²) in [5.41, 5.74) is 6.96. The van der Waals surface area contributed by atoms with Gasteiger partial charge in [0.05, 0.1) is 12.3 Å². The molecular weight excluding hydrogens is 248 g/mol. The average molecular weight is 266 g/mol. The summed E-state index contributed by atoms with van der Waals surface area (Å²) in [6, 6.07) is 0. The second-order valence-corrected chi connectivity index (χ2v) is 5.30. The fraction of sp³-hybridized carbons (Fsp3) is 0.583. The minimum Gasteiger partial charge on any atom is -0.380 e. The van der Waals surface area contributed by atoms with Crippen LogP contribution in [0.5, 0.6) is 0 Å². The van der Waals surface area contributed by atoms with Gasteiger partial charge in [-0.3, -0.25) is 4.40 Å². The Morgan fingerprint density at radius 2 is 2.33 bits per heavy atom. The third-order valence-corrected chi connectivity index (χ3v) is 4.00. The van der Waals surface area contributed by atoms with Crippen LogP contribution in [0.15, 0.2) is 11.6 Å². The van der Waals surface area contributed by atoms with Crippen molar-refractivity contribution in [1.82, 2.24) is 9.38 Å². The summed E-state index contributed by atoms with van der Waals surface area (Å²) in [5, 5.41) is 2.07. The highest BCUT2D eigenvalue weighted by Crippen LogP contribution is 2.25. The quantitative estimate of drug-likeness (QED) is 0.904. The summed E-state index contributed by atoms with van der Waals surface area (Å²) in [6.07, 6.45) is 4.01. The first-order valence-electron chi connectivity index (χ1n) is 6.37. The normalized spacial score (nSPS) is 17.3. The molecule has 0 bridgehead atoms. The lowest BCUT2D eigenvalue weighted by Crippen LogP contribution is -2.27. The predicted octanol–water partition coefficient (Wildman–Crippen LogP) is 1.12. The van der Waals surface area contributed by atoms with Crippen LogP contribution in [0, 0.1) is 0 Å². The van der Waals surface area contributed by atoms with Crippen molar-refractivity contribution in [3.8, 4) is 0 Å². The van der Waals surface area contributed by atoms with Gasteiger partial charge in [-0.05, 0) is 13.0 Å². The van der Waals surface area contributed by atoms with E-state index in [1.807, 2.05) is 0 Å². The number of aromatic nitrogens is 2. The summed E-state index contributed by atoms with van der Waals surface area (Å²) >= 11 is 1.67. The first-order chi connectivity index (χ1) is 8.90. The van der Waals surface area contributed by atoms with Crippen LogP contribution in [0.3, 0.4) is 0 Å². The third kappa shape index (κ3) is 2.11. The molecule has 98 valence electrons. The molecule has 0 atom stereocenters. The fourth-order valence-corrected chi connectivity index (χ4v) is 3.13. The van der Waals surface area contributed by atoms with E-state index in [9.17, 15) is 0 Å². The second kappa shape index (κ2) is 5.26. The zero-order valence-electron chi connectivity index (χ0n) is 10.3. The van der Waals surface area contributed by atoms with Crippen molar-refractivity contribution in [2.45, 2.75) is 12.8 Å². The first kappa shape index (κ1) is 12.0. The number of fused-ring (bicyclic) bond motifs is 1. The van der Waals surface area contributed by atoms with Gasteiger partial charge in [-0.25, -0.2) is 4.98 Å². The summed E-state index contributed by atoms with van der Waals surface area (Å²) in [7, 11) is 0. The van der Waals surface area contributed by atoms with E-state index < -0.39 is 0 Å². The lowest BCUT2D eigenvalue weighted by molar-refractivity contribution is 0.152. The highest BCUT2D eigenvalue weighted by molar-refractivity contribution is 7.15. The van der Waals surface area contributed by atoms with Gasteiger partial charge in [0.2, 0.25) is 0 Å². The first-order valence-corrected chi connectivity index (χ1v) is 7.25. The molecule has 0 saturated carbocycles. The molecule has 0 amide bonds. The topological polar surface area (TPSA) is 55.8 Å². The Labute approximate surface area is 110 Å². The summed E-state index contributed by atoms with van der Waals surface area (Å²) in [4.78, 5) is 8.14. The van der Waals surface area contributed by atoms with E-state index in [0.717, 1.165) is 49.9 Å². The van der Waals surface area contributed by atoms with E-state index in [4.69, 9.17) is 15.5 Å². The van der Waals surface area contributed by atoms with Gasteiger partial charge in [-0.1, -0.05) is 0 Å². The smallest absolute Gasteiger partial charge is 0.195 e. The third-order valence-electron chi connectivity index (χ3n) is 3.24. The molecule has 2 N–H and O–H groups in total. The van der Waals surface area contributed by atoms with Crippen molar-refractivity contribution in [1.29, 1.82) is 0 Å². The van der Waals surface area contributed by atoms with E-state index in [-0.39, 0.29) is 0 Å². The van der Waals surface area contributed by atoms with Crippen molar-refractivity contribution >= 4 is 22.1 Å². The Balaban J connectivity index is 1.97. The van der Waals surface area contributed by atoms with Crippen LogP contribution in [0.1, 0.15) is 12.1 Å². The molecule has 5 nitrogen and oxygen atoms in total. The Kier molecular flexibility index (Phi) is 3.49. The van der Waals surface area contributed by atoms with E-state index >= 15 is 0 Å². The number of nitrogens with two attached hydrogens (primary N) is 1. The molecule has 1 fully saturated rings. The van der Waals surface area contributed by atoms with Gasteiger partial charge in [-0.2, -0.15) is 0 Å². The predicted molar refractivity (Wildman–Crippen MR) is 73.5 cm³/mol. The van der Waals surface area contributed by atoms with Crippen LogP contribution in [0.25, 0.3) is 4.96 Å². The maximum absolute atomic E-state index is 5.73. The summed E-state index contributed by atoms with van der Waals surface area (Å²) in [5.74, 6) is 1.10. The van der Waals surface area contributed by atoms with Gasteiger partial charge >= 0.3 is 0 Å². The lowest BCUT2D eigenvalue weighted by Gasteiger charge is -2.20. The Morgan fingerprint density at radius 3 is 3.22 bits per heavy atom. The molecule has 2 aromatic rings. The maximum atomic E-state index is 5.73. The standard InChI is InChI=1S/C12H18N4OS/c13-3-2-10-11(14-12-16(10)6-9-18-12)15-4-1-7-17-8-5-15/h6,9H,1-5,7-8,13H2. The Hall–Kier alpha value is -1.11. The molecule has 0 radical (unpaired) electrons. The van der Waals surface area contributed by atoms with E-state index in [1.54, 1.807) is 11.3 Å². The number of ether oxygens (including phenoxy) is 1. The fourth-order valence-electron chi connectivity index (χ4n) is 2.40. The largest absolute Gasteiger partial charge is 0.380 e. The van der Waals surface area contributed by atoms with Crippen LogP contribution < -0.4 is 10.6 Å². The molecule has 0 aliphatic carbocycles. The number of nitrogens with zero attached hydrogens (tertiary/aromatic N) is 3. The second-order valence-electron chi connectivity index (χ2n) is 4.43. The van der Waals surface area contributed by atoms with Gasteiger partial charge in [-0.15, -0.1) is 11.3 Å². The van der Waals surface area contributed by atoms with E-state index in [1.165, 1.54) is 5.69 Å². The molecule has 0 spiro atoms. The lowest BCUT2D eigenvalue weighted by atomic mass is 10.3. The van der Waals surface area contributed by atoms with Crippen LogP contribution in [0.4, 0.5) is 5.82 Å². The number of anilines is 1. The highest BCUT2D eigenvalue weighted by Gasteiger charge is 2.19. The summed E-state index contributed by atoms with van der Waals surface area (Å²) in [6.45, 7) is 4.23. The van der Waals surface area contributed by atoms with Crippen LogP contribution in [-0.2, 0) is 11.2 Å². The molecular formula is C12H18N4OS. The molecule has 0 aromatic carbocycles. The SMILES string of the molecule is NCCc1c(N2CCCOCC2)nc2sccn12. The molecule has 2 aromatic heterocycles. The average Bonchev–Trinajstić information content (AvgIpc) is 2.83. The number of hydrogen-bond acceptors (Lipinski definition) is 5. The van der Waals surface area contributed by atoms with Crippen LogP contribution in [0.2, 0.25) is 0 Å². The molecule has 3 heterocycles. The van der Waals surface area contributed by atoms with Gasteiger partial charge in [0, 0.05) is 37.7 Å². The van der Waals surface area contributed by atoms with Crippen molar-refractivity contribution in [2.24, 2.45) is 5.73 Å². The molecule has 1 aliphatic heterocycles. The van der Waals surface area contributed by atoms with Crippen molar-refractivity contribution in [3.63, 3.8) is 0 Å². The van der Waals surface area contributed by atoms with Gasteiger partial charge in [0.1, 0.15) is 0 Å². The maximum Gasteiger partial charge on any atom is 0.195 e. The van der Waals surface area contributed by atoms with Crippen molar-refractivity contribution in [2.75, 3.05) is 37.7 Å². The number of imidazole rings is 1. The zero-order valence-corrected chi connectivity index (χ0v) is 11.2. The molecule has 0 unspecified atom stereocenters. The van der Waals surface area contributed by atoms with Crippen LogP contribution in [-0.4, -0.2) is 42.2 Å². The van der Waals surface area contributed by atoms with E-state index in [0.29, 0.717) is 6.54 Å². The van der Waals surface area contributed by atoms with Crippen molar-refractivity contribution < 1.29 is 4.74 Å². The van der Waals surface area contributed by atoms with Crippen LogP contribution >= 0.6 is 11.3 Å². The van der Waals surface area contributed by atoms with Crippen molar-refractivity contribution in [3.05, 3.63) is 17.3 Å². The van der Waals surface area contributed by atoms with E-state index in [2.05, 4.69) is 20.9 Å². The minimum absolute atomic E-state index is 0.654. The molecule has 18 heavy (non-hydrogen) atoms. The highest BCUT2D eigenvalue weighted by atomic mass is 32.1. The number of rotatable bonds is 3. The molecule has 1 saturated heterocycles. The number of thiazole rings is 1. The van der Waals surface area contributed by atoms with Gasteiger partial charge in [0.15, 0.2) is 10.8 Å². The van der Waals surface area contributed by atoms with Gasteiger partial charge < -0.3 is 15.4 Å². The monoisotopic (exact) mass is 266 g/mol. The zero-order chi connectivity index (χ0) is 12.4. The summed E-state index contributed by atoms with van der Waals surface area (Å²) < 4.78 is 7.67.